The molecule has 7 heteroatoms. The van der Waals surface area contributed by atoms with E-state index >= 15 is 0 Å². The zero-order valence-electron chi connectivity index (χ0n) is 15.9. The standard InChI is InChI=1S/C20H23N3O3S/c1-13(2)16-7-5-14(12-21)20(23-16)27-10-9-19(24)22-17-11-15(25-3)6-8-18(17)26-4/h5-8,11,13H,9-10H2,1-4H3,(H,22,24). The number of rotatable bonds is 8. The van der Waals surface area contributed by atoms with E-state index in [1.807, 2.05) is 6.07 Å². The van der Waals surface area contributed by atoms with E-state index in [1.165, 1.54) is 11.8 Å². The minimum absolute atomic E-state index is 0.146. The van der Waals surface area contributed by atoms with Crippen LogP contribution in [0.2, 0.25) is 0 Å². The number of thioether (sulfide) groups is 1. The summed E-state index contributed by atoms with van der Waals surface area (Å²) in [6.07, 6.45) is 0.281. The lowest BCUT2D eigenvalue weighted by molar-refractivity contribution is -0.115. The summed E-state index contributed by atoms with van der Waals surface area (Å²) in [5.74, 6) is 1.85. The summed E-state index contributed by atoms with van der Waals surface area (Å²) in [7, 11) is 3.11. The predicted octanol–water partition coefficient (Wildman–Crippen LogP) is 4.21. The van der Waals surface area contributed by atoms with Crippen LogP contribution in [-0.4, -0.2) is 30.9 Å². The van der Waals surface area contributed by atoms with Crippen LogP contribution in [0.3, 0.4) is 0 Å². The summed E-state index contributed by atoms with van der Waals surface area (Å²) in [5.41, 5.74) is 2.02. The maximum Gasteiger partial charge on any atom is 0.225 e. The van der Waals surface area contributed by atoms with Crippen molar-refractivity contribution in [2.75, 3.05) is 25.3 Å². The molecule has 1 aromatic carbocycles. The highest BCUT2D eigenvalue weighted by molar-refractivity contribution is 7.99. The Morgan fingerprint density at radius 3 is 2.67 bits per heavy atom. The van der Waals surface area contributed by atoms with Gasteiger partial charge in [0.05, 0.1) is 25.5 Å². The maximum absolute atomic E-state index is 12.3. The lowest BCUT2D eigenvalue weighted by Gasteiger charge is -2.12. The van der Waals surface area contributed by atoms with Crippen molar-refractivity contribution in [2.45, 2.75) is 31.2 Å². The fraction of sp³-hybridized carbons (Fsp3) is 0.350. The molecule has 27 heavy (non-hydrogen) atoms. The van der Waals surface area contributed by atoms with Gasteiger partial charge in [0.2, 0.25) is 5.91 Å². The van der Waals surface area contributed by atoms with Gasteiger partial charge in [0.15, 0.2) is 0 Å². The molecule has 0 unspecified atom stereocenters. The molecule has 0 aliphatic rings. The molecule has 1 N–H and O–H groups in total. The van der Waals surface area contributed by atoms with Crippen LogP contribution in [0.15, 0.2) is 35.4 Å². The number of nitriles is 1. The molecule has 2 rings (SSSR count). The molecule has 2 aromatic rings. The van der Waals surface area contributed by atoms with Crippen molar-refractivity contribution in [1.82, 2.24) is 4.98 Å². The molecular weight excluding hydrogens is 362 g/mol. The summed E-state index contributed by atoms with van der Waals surface area (Å²) >= 11 is 1.41. The number of ether oxygens (including phenoxy) is 2. The van der Waals surface area contributed by atoms with Gasteiger partial charge in [-0.3, -0.25) is 4.79 Å². The van der Waals surface area contributed by atoms with Gasteiger partial charge in [-0.05, 0) is 30.2 Å². The Labute approximate surface area is 163 Å². The number of benzene rings is 1. The number of anilines is 1. The first-order valence-corrected chi connectivity index (χ1v) is 9.52. The molecule has 6 nitrogen and oxygen atoms in total. The molecule has 0 spiro atoms. The number of pyridine rings is 1. The van der Waals surface area contributed by atoms with E-state index in [0.29, 0.717) is 33.5 Å². The summed E-state index contributed by atoms with van der Waals surface area (Å²) < 4.78 is 10.4. The van der Waals surface area contributed by atoms with Gasteiger partial charge < -0.3 is 14.8 Å². The van der Waals surface area contributed by atoms with E-state index in [4.69, 9.17) is 9.47 Å². The second-order valence-corrected chi connectivity index (χ2v) is 7.15. The van der Waals surface area contributed by atoms with E-state index in [2.05, 4.69) is 30.2 Å². The van der Waals surface area contributed by atoms with E-state index < -0.39 is 0 Å². The first-order valence-electron chi connectivity index (χ1n) is 8.54. The summed E-state index contributed by atoms with van der Waals surface area (Å²) in [4.78, 5) is 16.8. The highest BCUT2D eigenvalue weighted by Crippen LogP contribution is 2.29. The number of carbonyl (C=O) groups is 1. The van der Waals surface area contributed by atoms with Crippen LogP contribution >= 0.6 is 11.8 Å². The Kier molecular flexibility index (Phi) is 7.50. The third kappa shape index (κ3) is 5.63. The normalized spacial score (nSPS) is 10.4. The van der Waals surface area contributed by atoms with Crippen molar-refractivity contribution < 1.29 is 14.3 Å². The smallest absolute Gasteiger partial charge is 0.225 e. The quantitative estimate of drug-likeness (QED) is 0.685. The minimum atomic E-state index is -0.146. The molecular formula is C20H23N3O3S. The number of hydrogen-bond donors (Lipinski definition) is 1. The molecule has 1 aromatic heterocycles. The Morgan fingerprint density at radius 1 is 1.26 bits per heavy atom. The van der Waals surface area contributed by atoms with Gasteiger partial charge in [-0.25, -0.2) is 4.98 Å². The molecule has 1 heterocycles. The van der Waals surface area contributed by atoms with Gasteiger partial charge in [0.1, 0.15) is 22.6 Å². The number of nitrogens with one attached hydrogen (secondary N) is 1. The zero-order chi connectivity index (χ0) is 19.8. The van der Waals surface area contributed by atoms with Crippen molar-refractivity contribution in [3.63, 3.8) is 0 Å². The Bertz CT molecular complexity index is 847. The number of nitrogens with zero attached hydrogens (tertiary/aromatic N) is 2. The Balaban J connectivity index is 1.99. The molecule has 142 valence electrons. The maximum atomic E-state index is 12.3. The summed E-state index contributed by atoms with van der Waals surface area (Å²) in [6.45, 7) is 4.11. The van der Waals surface area contributed by atoms with Crippen molar-refractivity contribution in [3.8, 4) is 17.6 Å². The second kappa shape index (κ2) is 9.83. The van der Waals surface area contributed by atoms with Gasteiger partial charge in [-0.15, -0.1) is 11.8 Å². The van der Waals surface area contributed by atoms with E-state index in [-0.39, 0.29) is 18.2 Å². The molecule has 0 saturated carbocycles. The second-order valence-electron chi connectivity index (χ2n) is 6.07. The molecule has 0 aliphatic heterocycles. The van der Waals surface area contributed by atoms with Gasteiger partial charge in [-0.1, -0.05) is 13.8 Å². The SMILES string of the molecule is COc1ccc(OC)c(NC(=O)CCSc2nc(C(C)C)ccc2C#N)c1. The molecule has 0 atom stereocenters. The largest absolute Gasteiger partial charge is 0.497 e. The van der Waals surface area contributed by atoms with Crippen molar-refractivity contribution in [3.05, 3.63) is 41.6 Å². The van der Waals surface area contributed by atoms with E-state index in [9.17, 15) is 10.1 Å². The average Bonchev–Trinajstić information content (AvgIpc) is 2.67. The predicted molar refractivity (Wildman–Crippen MR) is 107 cm³/mol. The van der Waals surface area contributed by atoms with Gasteiger partial charge >= 0.3 is 0 Å². The number of carbonyl (C=O) groups excluding carboxylic acids is 1. The molecule has 0 aliphatic carbocycles. The van der Waals surface area contributed by atoms with Crippen LogP contribution in [0.4, 0.5) is 5.69 Å². The zero-order valence-corrected chi connectivity index (χ0v) is 16.7. The van der Waals surface area contributed by atoms with E-state index in [0.717, 1.165) is 5.69 Å². The average molecular weight is 385 g/mol. The molecule has 0 bridgehead atoms. The lowest BCUT2D eigenvalue weighted by atomic mass is 10.1. The highest BCUT2D eigenvalue weighted by Gasteiger charge is 2.12. The van der Waals surface area contributed by atoms with Gasteiger partial charge in [0.25, 0.3) is 0 Å². The van der Waals surface area contributed by atoms with Crippen LogP contribution in [0.25, 0.3) is 0 Å². The molecule has 0 saturated heterocycles. The van der Waals surface area contributed by atoms with Crippen LogP contribution in [-0.2, 0) is 4.79 Å². The number of hydrogen-bond acceptors (Lipinski definition) is 6. The van der Waals surface area contributed by atoms with Crippen molar-refractivity contribution >= 4 is 23.4 Å². The third-order valence-electron chi connectivity index (χ3n) is 3.84. The Morgan fingerprint density at radius 2 is 2.04 bits per heavy atom. The number of methoxy groups -OCH3 is 2. The van der Waals surface area contributed by atoms with E-state index in [1.54, 1.807) is 38.5 Å². The monoisotopic (exact) mass is 385 g/mol. The summed E-state index contributed by atoms with van der Waals surface area (Å²) in [5, 5.41) is 12.8. The lowest BCUT2D eigenvalue weighted by Crippen LogP contribution is -2.13. The fourth-order valence-corrected chi connectivity index (χ4v) is 3.26. The first-order chi connectivity index (χ1) is 13.0. The Hall–Kier alpha value is -2.72. The molecule has 0 fully saturated rings. The van der Waals surface area contributed by atoms with Crippen molar-refractivity contribution in [1.29, 1.82) is 5.26 Å². The van der Waals surface area contributed by atoms with Crippen LogP contribution < -0.4 is 14.8 Å². The van der Waals surface area contributed by atoms with Crippen LogP contribution in [0.5, 0.6) is 11.5 Å². The van der Waals surface area contributed by atoms with Crippen molar-refractivity contribution in [2.24, 2.45) is 0 Å². The third-order valence-corrected chi connectivity index (χ3v) is 4.84. The molecule has 0 radical (unpaired) electrons. The van der Waals surface area contributed by atoms with Crippen LogP contribution in [0, 0.1) is 11.3 Å². The van der Waals surface area contributed by atoms with Gasteiger partial charge in [-0.2, -0.15) is 5.26 Å². The topological polar surface area (TPSA) is 84.2 Å². The fourth-order valence-electron chi connectivity index (χ4n) is 2.34. The first kappa shape index (κ1) is 20.6. The minimum Gasteiger partial charge on any atom is -0.497 e. The highest BCUT2D eigenvalue weighted by atomic mass is 32.2. The molecule has 1 amide bonds. The summed E-state index contributed by atoms with van der Waals surface area (Å²) in [6, 6.07) is 11.0. The number of aromatic nitrogens is 1. The number of amides is 1. The van der Waals surface area contributed by atoms with Crippen LogP contribution in [0.1, 0.15) is 37.4 Å². The van der Waals surface area contributed by atoms with Gasteiger partial charge in [0, 0.05) is 23.9 Å².